The fraction of sp³-hybridized carbons (Fsp3) is 0.273. The zero-order valence-electron chi connectivity index (χ0n) is 17.0. The number of amides is 1. The largest absolute Gasteiger partial charge is 0.496 e. The van der Waals surface area contributed by atoms with Crippen LogP contribution in [0.25, 0.3) is 11.3 Å². The summed E-state index contributed by atoms with van der Waals surface area (Å²) in [6.07, 6.45) is 0. The number of nitrogens with zero attached hydrogens (tertiary/aromatic N) is 1. The van der Waals surface area contributed by atoms with Crippen LogP contribution in [-0.2, 0) is 4.79 Å². The highest BCUT2D eigenvalue weighted by Crippen LogP contribution is 2.33. The molecule has 29 heavy (non-hydrogen) atoms. The van der Waals surface area contributed by atoms with Gasteiger partial charge in [0.05, 0.1) is 12.8 Å². The minimum atomic E-state index is -1.08. The monoisotopic (exact) mass is 430 g/mol. The first-order valence-corrected chi connectivity index (χ1v) is 10.3. The summed E-state index contributed by atoms with van der Waals surface area (Å²) in [5.74, 6) is 1.12. The summed E-state index contributed by atoms with van der Waals surface area (Å²) in [4.78, 5) is 18.4. The number of aryl methyl sites for hydroxylation is 2. The van der Waals surface area contributed by atoms with Gasteiger partial charge in [0.1, 0.15) is 11.5 Å². The number of nitrogens with one attached hydrogen (secondary N) is 1. The van der Waals surface area contributed by atoms with Crippen molar-refractivity contribution >= 4 is 34.0 Å². The van der Waals surface area contributed by atoms with E-state index >= 15 is 0 Å². The molecule has 2 aromatic carbocycles. The first kappa shape index (κ1) is 21.1. The first-order valence-electron chi connectivity index (χ1n) is 9.08. The van der Waals surface area contributed by atoms with Crippen molar-refractivity contribution in [2.75, 3.05) is 12.4 Å². The number of aromatic nitrogens is 1. The smallest absolute Gasteiger partial charge is 0.269 e. The number of methoxy groups -OCH3 is 1. The van der Waals surface area contributed by atoms with Gasteiger partial charge in [-0.3, -0.25) is 10.1 Å². The number of carbonyl (C=O) groups is 1. The van der Waals surface area contributed by atoms with Crippen LogP contribution in [0.3, 0.4) is 0 Å². The zero-order chi connectivity index (χ0) is 21.2. The molecule has 0 aliphatic rings. The second-order valence-corrected chi connectivity index (χ2v) is 8.77. The molecule has 1 amide bonds. The van der Waals surface area contributed by atoms with Gasteiger partial charge in [-0.05, 0) is 75.7 Å². The molecular formula is C22H23ClN2O3S. The van der Waals surface area contributed by atoms with Crippen LogP contribution >= 0.6 is 22.9 Å². The predicted molar refractivity (Wildman–Crippen MR) is 118 cm³/mol. The molecule has 0 radical (unpaired) electrons. The molecule has 5 nitrogen and oxygen atoms in total. The van der Waals surface area contributed by atoms with E-state index in [1.54, 1.807) is 45.2 Å². The molecule has 1 heterocycles. The first-order chi connectivity index (χ1) is 13.7. The Balaban J connectivity index is 1.76. The van der Waals surface area contributed by atoms with Crippen molar-refractivity contribution in [3.05, 3.63) is 57.9 Å². The zero-order valence-corrected chi connectivity index (χ0v) is 18.6. The molecule has 0 saturated heterocycles. The number of hydrogen-bond acceptors (Lipinski definition) is 5. The van der Waals surface area contributed by atoms with Crippen LogP contribution in [0, 0.1) is 13.8 Å². The van der Waals surface area contributed by atoms with Crippen LogP contribution in [0.2, 0.25) is 5.02 Å². The van der Waals surface area contributed by atoms with Crippen molar-refractivity contribution in [3.8, 4) is 22.8 Å². The Kier molecular flexibility index (Phi) is 6.15. The second-order valence-electron chi connectivity index (χ2n) is 7.13. The van der Waals surface area contributed by atoms with Crippen molar-refractivity contribution in [1.29, 1.82) is 0 Å². The van der Waals surface area contributed by atoms with Gasteiger partial charge in [0.2, 0.25) is 0 Å². The molecule has 0 aliphatic carbocycles. The number of thiazole rings is 1. The van der Waals surface area contributed by atoms with E-state index in [0.29, 0.717) is 15.9 Å². The number of rotatable bonds is 6. The maximum Gasteiger partial charge on any atom is 0.269 e. The van der Waals surface area contributed by atoms with E-state index in [0.717, 1.165) is 27.4 Å². The summed E-state index contributed by atoms with van der Waals surface area (Å²) in [7, 11) is 1.65. The predicted octanol–water partition coefficient (Wildman–Crippen LogP) is 5.89. The minimum absolute atomic E-state index is 0.279. The molecule has 0 fully saturated rings. The summed E-state index contributed by atoms with van der Waals surface area (Å²) in [6.45, 7) is 7.40. The highest BCUT2D eigenvalue weighted by molar-refractivity contribution is 7.16. The van der Waals surface area contributed by atoms with Gasteiger partial charge in [0.15, 0.2) is 10.7 Å². The Morgan fingerprint density at radius 2 is 1.83 bits per heavy atom. The molecule has 3 rings (SSSR count). The summed E-state index contributed by atoms with van der Waals surface area (Å²) < 4.78 is 11.2. The Bertz CT molecular complexity index is 1030. The van der Waals surface area contributed by atoms with Crippen molar-refractivity contribution in [1.82, 2.24) is 4.98 Å². The molecule has 3 aromatic rings. The van der Waals surface area contributed by atoms with Crippen LogP contribution in [0.15, 0.2) is 42.5 Å². The maximum absolute atomic E-state index is 12.8. The number of hydrogen-bond donors (Lipinski definition) is 1. The molecule has 0 bridgehead atoms. The molecular weight excluding hydrogens is 408 g/mol. The fourth-order valence-electron chi connectivity index (χ4n) is 2.83. The molecule has 0 atom stereocenters. The van der Waals surface area contributed by atoms with E-state index in [1.807, 2.05) is 32.0 Å². The highest BCUT2D eigenvalue weighted by atomic mass is 35.5. The third kappa shape index (κ3) is 4.89. The SMILES string of the molecule is COc1ccc(-c2nc(NC(=O)C(C)(C)Oc3ccc(Cl)cc3)sc2C)cc1C. The lowest BCUT2D eigenvalue weighted by Crippen LogP contribution is -2.42. The standard InChI is InChI=1S/C22H23ClN2O3S/c1-13-12-15(6-11-18(13)27-5)19-14(2)29-21(24-19)25-20(26)22(3,4)28-17-9-7-16(23)8-10-17/h6-12H,1-5H3,(H,24,25,26). The Labute approximate surface area is 179 Å². The Morgan fingerprint density at radius 3 is 2.45 bits per heavy atom. The van der Waals surface area contributed by atoms with Gasteiger partial charge in [-0.1, -0.05) is 11.6 Å². The van der Waals surface area contributed by atoms with Gasteiger partial charge in [0.25, 0.3) is 5.91 Å². The second kappa shape index (κ2) is 8.43. The van der Waals surface area contributed by atoms with Crippen LogP contribution in [0.1, 0.15) is 24.3 Å². The molecule has 7 heteroatoms. The Morgan fingerprint density at radius 1 is 1.14 bits per heavy atom. The van der Waals surface area contributed by atoms with E-state index in [4.69, 9.17) is 21.1 Å². The molecule has 1 N–H and O–H groups in total. The lowest BCUT2D eigenvalue weighted by molar-refractivity contribution is -0.128. The summed E-state index contributed by atoms with van der Waals surface area (Å²) in [5.41, 5.74) is 1.77. The van der Waals surface area contributed by atoms with Crippen molar-refractivity contribution in [3.63, 3.8) is 0 Å². The average molecular weight is 431 g/mol. The minimum Gasteiger partial charge on any atom is -0.496 e. The average Bonchev–Trinajstić information content (AvgIpc) is 3.03. The van der Waals surface area contributed by atoms with Gasteiger partial charge >= 0.3 is 0 Å². The van der Waals surface area contributed by atoms with E-state index in [2.05, 4.69) is 10.3 Å². The molecule has 0 spiro atoms. The van der Waals surface area contributed by atoms with Crippen molar-refractivity contribution < 1.29 is 14.3 Å². The third-order valence-corrected chi connectivity index (χ3v) is 5.56. The quantitative estimate of drug-likeness (QED) is 0.530. The molecule has 0 aliphatic heterocycles. The van der Waals surface area contributed by atoms with Gasteiger partial charge in [0, 0.05) is 15.5 Å². The maximum atomic E-state index is 12.8. The van der Waals surface area contributed by atoms with Crippen molar-refractivity contribution in [2.45, 2.75) is 33.3 Å². The van der Waals surface area contributed by atoms with E-state index in [-0.39, 0.29) is 5.91 Å². The lowest BCUT2D eigenvalue weighted by Gasteiger charge is -2.24. The van der Waals surface area contributed by atoms with Crippen molar-refractivity contribution in [2.24, 2.45) is 0 Å². The van der Waals surface area contributed by atoms with Gasteiger partial charge < -0.3 is 9.47 Å². The molecule has 0 unspecified atom stereocenters. The van der Waals surface area contributed by atoms with Gasteiger partial charge in [-0.2, -0.15) is 0 Å². The highest BCUT2D eigenvalue weighted by Gasteiger charge is 2.31. The Hall–Kier alpha value is -2.57. The van der Waals surface area contributed by atoms with Crippen LogP contribution in [-0.4, -0.2) is 23.6 Å². The van der Waals surface area contributed by atoms with E-state index in [9.17, 15) is 4.79 Å². The lowest BCUT2D eigenvalue weighted by atomic mass is 10.1. The summed E-state index contributed by atoms with van der Waals surface area (Å²) >= 11 is 7.33. The van der Waals surface area contributed by atoms with Crippen LogP contribution in [0.5, 0.6) is 11.5 Å². The molecule has 1 aromatic heterocycles. The van der Waals surface area contributed by atoms with E-state index in [1.165, 1.54) is 11.3 Å². The van der Waals surface area contributed by atoms with Crippen LogP contribution in [0.4, 0.5) is 5.13 Å². The number of ether oxygens (including phenoxy) is 2. The fourth-order valence-corrected chi connectivity index (χ4v) is 3.79. The van der Waals surface area contributed by atoms with Gasteiger partial charge in [-0.15, -0.1) is 11.3 Å². The molecule has 152 valence electrons. The molecule has 0 saturated carbocycles. The van der Waals surface area contributed by atoms with Gasteiger partial charge in [-0.25, -0.2) is 4.98 Å². The van der Waals surface area contributed by atoms with Crippen LogP contribution < -0.4 is 14.8 Å². The third-order valence-electron chi connectivity index (χ3n) is 4.42. The normalized spacial score (nSPS) is 11.2. The number of carbonyl (C=O) groups excluding carboxylic acids is 1. The number of halogens is 1. The topological polar surface area (TPSA) is 60.5 Å². The summed E-state index contributed by atoms with van der Waals surface area (Å²) in [6, 6.07) is 12.8. The number of benzene rings is 2. The summed E-state index contributed by atoms with van der Waals surface area (Å²) in [5, 5.41) is 4.02. The van der Waals surface area contributed by atoms with E-state index < -0.39 is 5.60 Å². The number of anilines is 1.